The largest absolute Gasteiger partial charge is 0.435 e. The Kier molecular flexibility index (Phi) is 7.76. The number of piperidine rings is 1. The maximum absolute atomic E-state index is 12.8. The summed E-state index contributed by atoms with van der Waals surface area (Å²) in [6.07, 6.45) is 4.61. The molecule has 31 heavy (non-hydrogen) atoms. The molecule has 0 aliphatic carbocycles. The van der Waals surface area contributed by atoms with Crippen molar-refractivity contribution in [2.24, 2.45) is 5.92 Å². The third-order valence-corrected chi connectivity index (χ3v) is 5.32. The summed E-state index contributed by atoms with van der Waals surface area (Å²) in [6.45, 7) is -1.39. The standard InChI is InChI=1S/C24H26F2N2O3/c1-27(17-19-7-10-21(11-8-19)31-24(25)26)23(30)20-13-15-28(16-14-20)22(29)12-9-18-5-3-2-4-6-18/h2-12,20,24H,13-17H2,1H3/b12-9+. The lowest BCUT2D eigenvalue weighted by Crippen LogP contribution is -2.42. The molecular weight excluding hydrogens is 402 g/mol. The zero-order chi connectivity index (χ0) is 22.2. The lowest BCUT2D eigenvalue weighted by atomic mass is 9.95. The van der Waals surface area contributed by atoms with Crippen LogP contribution in [-0.4, -0.2) is 48.4 Å². The molecule has 2 aromatic rings. The van der Waals surface area contributed by atoms with E-state index in [1.54, 1.807) is 41.1 Å². The highest BCUT2D eigenvalue weighted by molar-refractivity contribution is 5.92. The van der Waals surface area contributed by atoms with E-state index in [-0.39, 0.29) is 23.5 Å². The average molecular weight is 428 g/mol. The molecule has 5 nitrogen and oxygen atoms in total. The van der Waals surface area contributed by atoms with Gasteiger partial charge in [0.2, 0.25) is 11.8 Å². The van der Waals surface area contributed by atoms with Gasteiger partial charge in [-0.15, -0.1) is 0 Å². The number of hydrogen-bond donors (Lipinski definition) is 0. The van der Waals surface area contributed by atoms with Crippen LogP contribution in [0.3, 0.4) is 0 Å². The second kappa shape index (κ2) is 10.7. The van der Waals surface area contributed by atoms with Crippen molar-refractivity contribution in [3.05, 3.63) is 71.8 Å². The van der Waals surface area contributed by atoms with Gasteiger partial charge in [0.25, 0.3) is 0 Å². The van der Waals surface area contributed by atoms with E-state index in [1.807, 2.05) is 30.3 Å². The van der Waals surface area contributed by atoms with E-state index < -0.39 is 6.61 Å². The molecule has 2 aromatic carbocycles. The molecule has 3 rings (SSSR count). The number of halogens is 2. The fourth-order valence-corrected chi connectivity index (χ4v) is 3.62. The van der Waals surface area contributed by atoms with Gasteiger partial charge < -0.3 is 14.5 Å². The van der Waals surface area contributed by atoms with Crippen molar-refractivity contribution >= 4 is 17.9 Å². The van der Waals surface area contributed by atoms with Crippen LogP contribution in [0.25, 0.3) is 6.08 Å². The molecule has 0 radical (unpaired) electrons. The van der Waals surface area contributed by atoms with E-state index in [9.17, 15) is 18.4 Å². The van der Waals surface area contributed by atoms with Gasteiger partial charge in [-0.2, -0.15) is 8.78 Å². The Morgan fingerprint density at radius 1 is 1.10 bits per heavy atom. The Hall–Kier alpha value is -3.22. The van der Waals surface area contributed by atoms with Gasteiger partial charge in [-0.05, 0) is 42.2 Å². The maximum Gasteiger partial charge on any atom is 0.387 e. The number of alkyl halides is 2. The first-order chi connectivity index (χ1) is 14.9. The van der Waals surface area contributed by atoms with Crippen LogP contribution < -0.4 is 4.74 Å². The number of carbonyl (C=O) groups excluding carboxylic acids is 2. The molecule has 0 atom stereocenters. The van der Waals surface area contributed by atoms with Crippen LogP contribution in [0.2, 0.25) is 0 Å². The quantitative estimate of drug-likeness (QED) is 0.621. The van der Waals surface area contributed by atoms with Crippen LogP contribution in [0.4, 0.5) is 8.78 Å². The van der Waals surface area contributed by atoms with Crippen molar-refractivity contribution in [3.8, 4) is 5.75 Å². The van der Waals surface area contributed by atoms with E-state index in [1.165, 1.54) is 12.1 Å². The Balaban J connectivity index is 1.46. The minimum atomic E-state index is -2.86. The summed E-state index contributed by atoms with van der Waals surface area (Å²) in [5, 5.41) is 0. The molecule has 2 amide bonds. The molecular formula is C24H26F2N2O3. The first-order valence-electron chi connectivity index (χ1n) is 10.2. The van der Waals surface area contributed by atoms with Gasteiger partial charge in [-0.1, -0.05) is 42.5 Å². The predicted molar refractivity (Wildman–Crippen MR) is 114 cm³/mol. The minimum Gasteiger partial charge on any atom is -0.435 e. The monoisotopic (exact) mass is 428 g/mol. The van der Waals surface area contributed by atoms with Gasteiger partial charge in [0, 0.05) is 38.7 Å². The smallest absolute Gasteiger partial charge is 0.387 e. The van der Waals surface area contributed by atoms with Crippen molar-refractivity contribution in [1.82, 2.24) is 9.80 Å². The lowest BCUT2D eigenvalue weighted by Gasteiger charge is -2.32. The molecule has 1 aliphatic rings. The van der Waals surface area contributed by atoms with Crippen molar-refractivity contribution in [3.63, 3.8) is 0 Å². The number of benzene rings is 2. The number of carbonyl (C=O) groups is 2. The molecule has 1 saturated heterocycles. The van der Waals surface area contributed by atoms with E-state index in [0.717, 1.165) is 11.1 Å². The summed E-state index contributed by atoms with van der Waals surface area (Å²) in [5.74, 6) is -0.0614. The van der Waals surface area contributed by atoms with Gasteiger partial charge >= 0.3 is 6.61 Å². The Labute approximate surface area is 180 Å². The highest BCUT2D eigenvalue weighted by atomic mass is 19.3. The van der Waals surface area contributed by atoms with Gasteiger partial charge in [0.1, 0.15) is 5.75 Å². The summed E-state index contributed by atoms with van der Waals surface area (Å²) in [5.41, 5.74) is 1.80. The average Bonchev–Trinajstić information content (AvgIpc) is 2.78. The number of nitrogens with zero attached hydrogens (tertiary/aromatic N) is 2. The van der Waals surface area contributed by atoms with Gasteiger partial charge in [0.05, 0.1) is 0 Å². The number of likely N-dealkylation sites (tertiary alicyclic amines) is 1. The van der Waals surface area contributed by atoms with Gasteiger partial charge in [-0.25, -0.2) is 0 Å². The SMILES string of the molecule is CN(Cc1ccc(OC(F)F)cc1)C(=O)C1CCN(C(=O)/C=C/c2ccccc2)CC1. The molecule has 0 unspecified atom stereocenters. The fraction of sp³-hybridized carbons (Fsp3) is 0.333. The molecule has 0 spiro atoms. The second-order valence-electron chi connectivity index (χ2n) is 7.56. The van der Waals surface area contributed by atoms with Crippen LogP contribution in [0.15, 0.2) is 60.7 Å². The zero-order valence-corrected chi connectivity index (χ0v) is 17.4. The maximum atomic E-state index is 12.8. The summed E-state index contributed by atoms with van der Waals surface area (Å²) < 4.78 is 28.8. The van der Waals surface area contributed by atoms with E-state index in [4.69, 9.17) is 0 Å². The van der Waals surface area contributed by atoms with E-state index in [2.05, 4.69) is 4.74 Å². The molecule has 7 heteroatoms. The molecule has 1 fully saturated rings. The van der Waals surface area contributed by atoms with Crippen LogP contribution >= 0.6 is 0 Å². The van der Waals surface area contributed by atoms with Crippen molar-refractivity contribution in [2.45, 2.75) is 26.0 Å². The van der Waals surface area contributed by atoms with Crippen molar-refractivity contribution < 1.29 is 23.1 Å². The molecule has 1 aliphatic heterocycles. The highest BCUT2D eigenvalue weighted by Crippen LogP contribution is 2.21. The first kappa shape index (κ1) is 22.5. The Bertz CT molecular complexity index is 893. The summed E-state index contributed by atoms with van der Waals surface area (Å²) in [6, 6.07) is 15.9. The highest BCUT2D eigenvalue weighted by Gasteiger charge is 2.28. The van der Waals surface area contributed by atoms with Crippen LogP contribution in [-0.2, 0) is 16.1 Å². The number of rotatable bonds is 7. The minimum absolute atomic E-state index is 0.0276. The van der Waals surface area contributed by atoms with Gasteiger partial charge in [0.15, 0.2) is 0 Å². The zero-order valence-electron chi connectivity index (χ0n) is 17.4. The molecule has 0 saturated carbocycles. The third kappa shape index (κ3) is 6.64. The van der Waals surface area contributed by atoms with Crippen LogP contribution in [0, 0.1) is 5.92 Å². The van der Waals surface area contributed by atoms with Crippen molar-refractivity contribution in [2.75, 3.05) is 20.1 Å². The number of ether oxygens (including phenoxy) is 1. The Morgan fingerprint density at radius 2 is 1.74 bits per heavy atom. The second-order valence-corrected chi connectivity index (χ2v) is 7.56. The molecule has 0 N–H and O–H groups in total. The lowest BCUT2D eigenvalue weighted by molar-refractivity contribution is -0.138. The van der Waals surface area contributed by atoms with Gasteiger partial charge in [-0.3, -0.25) is 9.59 Å². The van der Waals surface area contributed by atoms with Crippen molar-refractivity contribution in [1.29, 1.82) is 0 Å². The third-order valence-electron chi connectivity index (χ3n) is 5.32. The summed E-state index contributed by atoms with van der Waals surface area (Å²) in [4.78, 5) is 28.6. The van der Waals surface area contributed by atoms with E-state index in [0.29, 0.717) is 32.5 Å². The van der Waals surface area contributed by atoms with E-state index >= 15 is 0 Å². The summed E-state index contributed by atoms with van der Waals surface area (Å²) >= 11 is 0. The normalized spacial score (nSPS) is 14.8. The fourth-order valence-electron chi connectivity index (χ4n) is 3.62. The molecule has 1 heterocycles. The van der Waals surface area contributed by atoms with Crippen LogP contribution in [0.1, 0.15) is 24.0 Å². The molecule has 0 bridgehead atoms. The molecule has 0 aromatic heterocycles. The summed E-state index contributed by atoms with van der Waals surface area (Å²) in [7, 11) is 1.73. The number of hydrogen-bond acceptors (Lipinski definition) is 3. The van der Waals surface area contributed by atoms with Crippen LogP contribution in [0.5, 0.6) is 5.75 Å². The Morgan fingerprint density at radius 3 is 2.35 bits per heavy atom. The topological polar surface area (TPSA) is 49.9 Å². The molecule has 164 valence electrons. The number of amides is 2. The predicted octanol–water partition coefficient (Wildman–Crippen LogP) is 4.20. The first-order valence-corrected chi connectivity index (χ1v) is 10.2.